The largest absolute Gasteiger partial charge is 0.462 e. The lowest BCUT2D eigenvalue weighted by Gasteiger charge is -2.26. The zero-order chi connectivity index (χ0) is 19.2. The Morgan fingerprint density at radius 1 is 1.22 bits per heavy atom. The highest BCUT2D eigenvalue weighted by Gasteiger charge is 2.24. The van der Waals surface area contributed by atoms with Gasteiger partial charge in [0.2, 0.25) is 0 Å². The summed E-state index contributed by atoms with van der Waals surface area (Å²) in [7, 11) is 0. The molecule has 5 nitrogen and oxygen atoms in total. The van der Waals surface area contributed by atoms with Gasteiger partial charge in [0.1, 0.15) is 5.00 Å². The van der Waals surface area contributed by atoms with Gasteiger partial charge in [-0.3, -0.25) is 4.79 Å². The van der Waals surface area contributed by atoms with E-state index in [0.29, 0.717) is 23.7 Å². The maximum Gasteiger partial charge on any atom is 0.341 e. The molecule has 0 saturated carbocycles. The zero-order valence-corrected chi connectivity index (χ0v) is 16.7. The molecule has 1 fully saturated rings. The SMILES string of the molecule is CCOC(=O)c1cc(-c2ccccc2)sc1NC(=O)C[NH+]1CCC(C)CC1. The Morgan fingerprint density at radius 2 is 1.93 bits per heavy atom. The predicted octanol–water partition coefficient (Wildman–Crippen LogP) is 2.85. The molecule has 0 bridgehead atoms. The average molecular weight is 388 g/mol. The van der Waals surface area contributed by atoms with E-state index >= 15 is 0 Å². The van der Waals surface area contributed by atoms with Crippen molar-refractivity contribution in [2.75, 3.05) is 31.6 Å². The van der Waals surface area contributed by atoms with Crippen LogP contribution in [-0.2, 0) is 9.53 Å². The van der Waals surface area contributed by atoms with E-state index in [1.165, 1.54) is 16.2 Å². The van der Waals surface area contributed by atoms with Crippen molar-refractivity contribution in [2.24, 2.45) is 5.92 Å². The lowest BCUT2D eigenvalue weighted by Crippen LogP contribution is -3.14. The van der Waals surface area contributed by atoms with Gasteiger partial charge in [-0.1, -0.05) is 37.3 Å². The summed E-state index contributed by atoms with van der Waals surface area (Å²) in [6.45, 7) is 6.84. The number of hydrogen-bond donors (Lipinski definition) is 2. The first-order chi connectivity index (χ1) is 13.1. The fourth-order valence-electron chi connectivity index (χ4n) is 3.33. The Morgan fingerprint density at radius 3 is 2.59 bits per heavy atom. The number of benzene rings is 1. The molecule has 0 unspecified atom stereocenters. The first kappa shape index (κ1) is 19.6. The number of thiophene rings is 1. The van der Waals surface area contributed by atoms with Gasteiger partial charge in [-0.05, 0) is 37.3 Å². The van der Waals surface area contributed by atoms with Crippen LogP contribution in [-0.4, -0.2) is 38.1 Å². The highest BCUT2D eigenvalue weighted by atomic mass is 32.1. The van der Waals surface area contributed by atoms with E-state index in [2.05, 4.69) is 12.2 Å². The van der Waals surface area contributed by atoms with Crippen LogP contribution < -0.4 is 10.2 Å². The number of hydrogen-bond acceptors (Lipinski definition) is 4. The molecule has 144 valence electrons. The summed E-state index contributed by atoms with van der Waals surface area (Å²) in [4.78, 5) is 27.2. The molecule has 1 saturated heterocycles. The molecular weight excluding hydrogens is 360 g/mol. The van der Waals surface area contributed by atoms with E-state index in [1.54, 1.807) is 6.92 Å². The number of carbonyl (C=O) groups is 2. The quantitative estimate of drug-likeness (QED) is 0.750. The van der Waals surface area contributed by atoms with E-state index in [4.69, 9.17) is 4.74 Å². The number of carbonyl (C=O) groups excluding carboxylic acids is 2. The summed E-state index contributed by atoms with van der Waals surface area (Å²) in [6, 6.07) is 11.7. The summed E-state index contributed by atoms with van der Waals surface area (Å²) in [6.07, 6.45) is 2.32. The number of esters is 1. The number of likely N-dealkylation sites (tertiary alicyclic amines) is 1. The summed E-state index contributed by atoms with van der Waals surface area (Å²) < 4.78 is 5.17. The average Bonchev–Trinajstić information content (AvgIpc) is 3.08. The van der Waals surface area contributed by atoms with Gasteiger partial charge in [-0.25, -0.2) is 4.79 Å². The van der Waals surface area contributed by atoms with E-state index in [-0.39, 0.29) is 5.91 Å². The standard InChI is InChI=1S/C21H26N2O3S/c1-3-26-21(25)17-13-18(16-7-5-4-6-8-16)27-20(17)22-19(24)14-23-11-9-15(2)10-12-23/h4-8,13,15H,3,9-12,14H2,1-2H3,(H,22,24)/p+1. The Bertz CT molecular complexity index is 780. The summed E-state index contributed by atoms with van der Waals surface area (Å²) in [5.41, 5.74) is 1.44. The topological polar surface area (TPSA) is 59.8 Å². The van der Waals surface area contributed by atoms with E-state index < -0.39 is 5.97 Å². The molecule has 1 amide bonds. The molecule has 0 radical (unpaired) electrons. The molecule has 27 heavy (non-hydrogen) atoms. The van der Waals surface area contributed by atoms with Gasteiger partial charge in [-0.15, -0.1) is 11.3 Å². The van der Waals surface area contributed by atoms with Crippen molar-refractivity contribution in [1.29, 1.82) is 0 Å². The fourth-order valence-corrected chi connectivity index (χ4v) is 4.40. The molecule has 0 spiro atoms. The zero-order valence-electron chi connectivity index (χ0n) is 15.9. The monoisotopic (exact) mass is 387 g/mol. The van der Waals surface area contributed by atoms with Crippen molar-refractivity contribution < 1.29 is 19.2 Å². The van der Waals surface area contributed by atoms with Crippen LogP contribution in [0.15, 0.2) is 36.4 Å². The highest BCUT2D eigenvalue weighted by Crippen LogP contribution is 2.35. The molecule has 1 aromatic carbocycles. The number of rotatable bonds is 6. The molecule has 2 N–H and O–H groups in total. The molecule has 2 aromatic rings. The van der Waals surface area contributed by atoms with E-state index in [0.717, 1.165) is 42.3 Å². The third-order valence-electron chi connectivity index (χ3n) is 4.93. The van der Waals surface area contributed by atoms with Gasteiger partial charge in [0.05, 0.1) is 25.3 Å². The highest BCUT2D eigenvalue weighted by molar-refractivity contribution is 7.20. The number of anilines is 1. The minimum absolute atomic E-state index is 0.0495. The van der Waals surface area contributed by atoms with Gasteiger partial charge >= 0.3 is 5.97 Å². The van der Waals surface area contributed by atoms with Crippen molar-refractivity contribution in [3.63, 3.8) is 0 Å². The summed E-state index contributed by atoms with van der Waals surface area (Å²) >= 11 is 1.42. The first-order valence-electron chi connectivity index (χ1n) is 9.56. The van der Waals surface area contributed by atoms with Crippen LogP contribution in [0.3, 0.4) is 0 Å². The van der Waals surface area contributed by atoms with Crippen LogP contribution in [0, 0.1) is 5.92 Å². The van der Waals surface area contributed by atoms with Crippen LogP contribution in [0.1, 0.15) is 37.0 Å². The van der Waals surface area contributed by atoms with Gasteiger partial charge in [0.25, 0.3) is 5.91 Å². The van der Waals surface area contributed by atoms with Crippen molar-refractivity contribution in [3.05, 3.63) is 42.0 Å². The van der Waals surface area contributed by atoms with Gasteiger partial charge < -0.3 is 15.0 Å². The Labute approximate surface area is 164 Å². The maximum absolute atomic E-state index is 12.6. The van der Waals surface area contributed by atoms with Crippen LogP contribution in [0.25, 0.3) is 10.4 Å². The molecule has 1 aliphatic rings. The second kappa shape index (κ2) is 9.15. The molecule has 0 atom stereocenters. The number of piperidine rings is 1. The van der Waals surface area contributed by atoms with E-state index in [9.17, 15) is 9.59 Å². The third kappa shape index (κ3) is 5.17. The predicted molar refractivity (Wildman–Crippen MR) is 108 cm³/mol. The minimum atomic E-state index is -0.398. The molecule has 6 heteroatoms. The second-order valence-corrected chi connectivity index (χ2v) is 8.15. The summed E-state index contributed by atoms with van der Waals surface area (Å²) in [5, 5.41) is 3.53. The van der Waals surface area contributed by atoms with Crippen LogP contribution in [0.4, 0.5) is 5.00 Å². The van der Waals surface area contributed by atoms with Gasteiger partial charge in [0.15, 0.2) is 6.54 Å². The van der Waals surface area contributed by atoms with Crippen LogP contribution >= 0.6 is 11.3 Å². The smallest absolute Gasteiger partial charge is 0.341 e. The number of nitrogens with one attached hydrogen (secondary N) is 2. The molecule has 1 aromatic heterocycles. The number of ether oxygens (including phenoxy) is 1. The summed E-state index contributed by atoms with van der Waals surface area (Å²) in [5.74, 6) is 0.301. The van der Waals surface area contributed by atoms with Crippen molar-refractivity contribution in [1.82, 2.24) is 0 Å². The van der Waals surface area contributed by atoms with Crippen molar-refractivity contribution in [3.8, 4) is 10.4 Å². The second-order valence-electron chi connectivity index (χ2n) is 7.10. The number of amides is 1. The van der Waals surface area contributed by atoms with Gasteiger partial charge in [-0.2, -0.15) is 0 Å². The maximum atomic E-state index is 12.6. The van der Waals surface area contributed by atoms with Crippen molar-refractivity contribution >= 4 is 28.2 Å². The Balaban J connectivity index is 1.75. The molecule has 0 aliphatic carbocycles. The Kier molecular flexibility index (Phi) is 6.63. The minimum Gasteiger partial charge on any atom is -0.462 e. The third-order valence-corrected chi connectivity index (χ3v) is 6.03. The molecule has 1 aliphatic heterocycles. The normalized spacial score (nSPS) is 19.5. The fraction of sp³-hybridized carbons (Fsp3) is 0.429. The molecule has 3 rings (SSSR count). The lowest BCUT2D eigenvalue weighted by molar-refractivity contribution is -0.897. The number of quaternary nitrogens is 1. The Hall–Kier alpha value is -2.18. The van der Waals surface area contributed by atoms with Crippen LogP contribution in [0.5, 0.6) is 0 Å². The van der Waals surface area contributed by atoms with E-state index in [1.807, 2.05) is 36.4 Å². The first-order valence-corrected chi connectivity index (χ1v) is 10.4. The van der Waals surface area contributed by atoms with Gasteiger partial charge in [0, 0.05) is 4.88 Å². The van der Waals surface area contributed by atoms with Crippen LogP contribution in [0.2, 0.25) is 0 Å². The lowest BCUT2D eigenvalue weighted by atomic mass is 9.99. The molecular formula is C21H27N2O3S+. The van der Waals surface area contributed by atoms with Crippen molar-refractivity contribution in [2.45, 2.75) is 26.7 Å². The molecule has 2 heterocycles.